The summed E-state index contributed by atoms with van der Waals surface area (Å²) in [6.07, 6.45) is 5.68. The predicted octanol–water partition coefficient (Wildman–Crippen LogP) is 3.82. The van der Waals surface area contributed by atoms with E-state index in [9.17, 15) is 14.9 Å². The molecule has 0 aliphatic heterocycles. The summed E-state index contributed by atoms with van der Waals surface area (Å²) < 4.78 is 0. The third kappa shape index (κ3) is 6.92. The Morgan fingerprint density at radius 2 is 2.00 bits per heavy atom. The first-order valence-electron chi connectivity index (χ1n) is 7.48. The van der Waals surface area contributed by atoms with E-state index < -0.39 is 10.8 Å². The summed E-state index contributed by atoms with van der Waals surface area (Å²) in [6, 6.07) is 3.86. The average Bonchev–Trinajstić information content (AvgIpc) is 2.50. The molecule has 6 nitrogen and oxygen atoms in total. The standard InChI is InChI=1S/C15H20ClN3O3S/c1-2-3-4-5-6-9-17-15(23)18-14(20)11-7-8-12(16)13(10-11)19(21)22/h7-8,10H,2-6,9H2,1H3,(H2,17,18,20,23). The molecule has 126 valence electrons. The molecule has 0 aromatic heterocycles. The van der Waals surface area contributed by atoms with Crippen molar-refractivity contribution in [1.82, 2.24) is 10.6 Å². The fraction of sp³-hybridized carbons (Fsp3) is 0.467. The molecule has 0 spiro atoms. The molecule has 1 rings (SSSR count). The number of benzene rings is 1. The topological polar surface area (TPSA) is 84.3 Å². The van der Waals surface area contributed by atoms with E-state index in [0.29, 0.717) is 6.54 Å². The Kier molecular flexibility index (Phi) is 8.50. The lowest BCUT2D eigenvalue weighted by Gasteiger charge is -2.09. The Bertz CT molecular complexity index is 581. The number of unbranched alkanes of at least 4 members (excludes halogenated alkanes) is 4. The molecule has 0 atom stereocenters. The molecule has 23 heavy (non-hydrogen) atoms. The van der Waals surface area contributed by atoms with E-state index in [-0.39, 0.29) is 21.4 Å². The summed E-state index contributed by atoms with van der Waals surface area (Å²) in [5, 5.41) is 16.5. The number of hydrogen-bond donors (Lipinski definition) is 2. The average molecular weight is 358 g/mol. The van der Waals surface area contributed by atoms with Crippen LogP contribution in [0.5, 0.6) is 0 Å². The molecule has 8 heteroatoms. The minimum atomic E-state index is -0.633. The highest BCUT2D eigenvalue weighted by molar-refractivity contribution is 7.80. The lowest BCUT2D eigenvalue weighted by molar-refractivity contribution is -0.384. The van der Waals surface area contributed by atoms with Crippen LogP contribution in [-0.4, -0.2) is 22.5 Å². The van der Waals surface area contributed by atoms with Crippen LogP contribution in [0.3, 0.4) is 0 Å². The molecular weight excluding hydrogens is 338 g/mol. The molecule has 0 saturated carbocycles. The van der Waals surface area contributed by atoms with Crippen LogP contribution in [0.1, 0.15) is 49.4 Å². The third-order valence-electron chi connectivity index (χ3n) is 3.20. The van der Waals surface area contributed by atoms with Gasteiger partial charge in [0.15, 0.2) is 5.11 Å². The molecule has 0 bridgehead atoms. The summed E-state index contributed by atoms with van der Waals surface area (Å²) in [6.45, 7) is 2.84. The zero-order valence-electron chi connectivity index (χ0n) is 12.9. The number of carbonyl (C=O) groups excluding carboxylic acids is 1. The third-order valence-corrected chi connectivity index (χ3v) is 3.76. The van der Waals surface area contributed by atoms with E-state index >= 15 is 0 Å². The Morgan fingerprint density at radius 3 is 2.65 bits per heavy atom. The number of hydrogen-bond acceptors (Lipinski definition) is 4. The zero-order chi connectivity index (χ0) is 17.2. The van der Waals surface area contributed by atoms with Crippen LogP contribution in [-0.2, 0) is 0 Å². The monoisotopic (exact) mass is 357 g/mol. The molecule has 0 unspecified atom stereocenters. The van der Waals surface area contributed by atoms with Crippen molar-refractivity contribution < 1.29 is 9.72 Å². The summed E-state index contributed by atoms with van der Waals surface area (Å²) in [4.78, 5) is 22.2. The second kappa shape index (κ2) is 10.1. The van der Waals surface area contributed by atoms with Gasteiger partial charge in [-0.25, -0.2) is 0 Å². The summed E-state index contributed by atoms with van der Waals surface area (Å²) >= 11 is 10.7. The molecule has 1 aromatic rings. The highest BCUT2D eigenvalue weighted by Gasteiger charge is 2.16. The van der Waals surface area contributed by atoms with Gasteiger partial charge >= 0.3 is 0 Å². The number of nitrogens with zero attached hydrogens (tertiary/aromatic N) is 1. The minimum absolute atomic E-state index is 0.0145. The second-order valence-corrected chi connectivity index (χ2v) is 5.86. The lowest BCUT2D eigenvalue weighted by Crippen LogP contribution is -2.39. The first kappa shape index (κ1) is 19.3. The van der Waals surface area contributed by atoms with Gasteiger partial charge in [0.05, 0.1) is 4.92 Å². The van der Waals surface area contributed by atoms with Crippen LogP contribution in [0.25, 0.3) is 0 Å². The predicted molar refractivity (Wildman–Crippen MR) is 94.9 cm³/mol. The van der Waals surface area contributed by atoms with Crippen LogP contribution in [0, 0.1) is 10.1 Å². The molecule has 1 amide bonds. The first-order chi connectivity index (χ1) is 11.0. The van der Waals surface area contributed by atoms with Gasteiger partial charge in [-0.3, -0.25) is 20.2 Å². The highest BCUT2D eigenvalue weighted by atomic mass is 35.5. The number of nitro groups is 1. The molecule has 0 radical (unpaired) electrons. The quantitative estimate of drug-likeness (QED) is 0.320. The van der Waals surface area contributed by atoms with Gasteiger partial charge in [-0.05, 0) is 30.8 Å². The molecule has 1 aromatic carbocycles. The summed E-state index contributed by atoms with van der Waals surface area (Å²) in [7, 11) is 0. The number of thiocarbonyl (C=S) groups is 1. The maximum atomic E-state index is 12.0. The van der Waals surface area contributed by atoms with Gasteiger partial charge in [-0.2, -0.15) is 0 Å². The number of nitrogens with one attached hydrogen (secondary N) is 2. The van der Waals surface area contributed by atoms with Crippen LogP contribution >= 0.6 is 23.8 Å². The Labute approximate surface area is 145 Å². The smallest absolute Gasteiger partial charge is 0.288 e. The largest absolute Gasteiger partial charge is 0.362 e. The number of carbonyl (C=O) groups is 1. The van der Waals surface area contributed by atoms with Crippen LogP contribution in [0.15, 0.2) is 18.2 Å². The maximum Gasteiger partial charge on any atom is 0.288 e. The van der Waals surface area contributed by atoms with Crippen LogP contribution < -0.4 is 10.6 Å². The lowest BCUT2D eigenvalue weighted by atomic mass is 10.1. The number of nitro benzene ring substituents is 1. The number of rotatable bonds is 8. The SMILES string of the molecule is CCCCCCCNC(=S)NC(=O)c1ccc(Cl)c([N+](=O)[O-])c1. The van der Waals surface area contributed by atoms with E-state index in [1.54, 1.807) is 0 Å². The Hall–Kier alpha value is -1.73. The van der Waals surface area contributed by atoms with Gasteiger partial charge in [0.25, 0.3) is 11.6 Å². The second-order valence-electron chi connectivity index (χ2n) is 5.05. The van der Waals surface area contributed by atoms with Gasteiger partial charge in [0.2, 0.25) is 0 Å². The van der Waals surface area contributed by atoms with Gasteiger partial charge < -0.3 is 5.32 Å². The van der Waals surface area contributed by atoms with E-state index in [1.165, 1.54) is 31.4 Å². The van der Waals surface area contributed by atoms with Gasteiger partial charge in [0, 0.05) is 18.2 Å². The van der Waals surface area contributed by atoms with E-state index in [0.717, 1.165) is 18.9 Å². The van der Waals surface area contributed by atoms with Crippen LogP contribution in [0.2, 0.25) is 5.02 Å². The van der Waals surface area contributed by atoms with Crippen molar-refractivity contribution in [3.8, 4) is 0 Å². The first-order valence-corrected chi connectivity index (χ1v) is 8.27. The fourth-order valence-corrected chi connectivity index (χ4v) is 2.33. The summed E-state index contributed by atoms with van der Waals surface area (Å²) in [5.74, 6) is -0.506. The van der Waals surface area contributed by atoms with Crippen molar-refractivity contribution in [2.75, 3.05) is 6.54 Å². The molecule has 0 aliphatic carbocycles. The molecule has 0 saturated heterocycles. The van der Waals surface area contributed by atoms with Crippen molar-refractivity contribution >= 4 is 40.5 Å². The van der Waals surface area contributed by atoms with Crippen molar-refractivity contribution in [3.63, 3.8) is 0 Å². The van der Waals surface area contributed by atoms with Gasteiger partial charge in [-0.1, -0.05) is 44.2 Å². The zero-order valence-corrected chi connectivity index (χ0v) is 14.5. The normalized spacial score (nSPS) is 10.2. The molecule has 0 heterocycles. The van der Waals surface area contributed by atoms with Crippen molar-refractivity contribution in [2.24, 2.45) is 0 Å². The van der Waals surface area contributed by atoms with Gasteiger partial charge in [-0.15, -0.1) is 0 Å². The molecular formula is C15H20ClN3O3S. The highest BCUT2D eigenvalue weighted by Crippen LogP contribution is 2.24. The van der Waals surface area contributed by atoms with E-state index in [1.807, 2.05) is 0 Å². The van der Waals surface area contributed by atoms with E-state index in [4.69, 9.17) is 23.8 Å². The summed E-state index contributed by atoms with van der Waals surface area (Å²) in [5.41, 5.74) is -0.178. The van der Waals surface area contributed by atoms with Crippen molar-refractivity contribution in [3.05, 3.63) is 38.9 Å². The minimum Gasteiger partial charge on any atom is -0.362 e. The maximum absolute atomic E-state index is 12.0. The van der Waals surface area contributed by atoms with Crippen LogP contribution in [0.4, 0.5) is 5.69 Å². The fourth-order valence-electron chi connectivity index (χ4n) is 1.94. The number of halogens is 1. The molecule has 0 aliphatic rings. The Morgan fingerprint density at radius 1 is 1.30 bits per heavy atom. The van der Waals surface area contributed by atoms with Gasteiger partial charge in [0.1, 0.15) is 5.02 Å². The Balaban J connectivity index is 2.45. The van der Waals surface area contributed by atoms with Crippen molar-refractivity contribution in [2.45, 2.75) is 39.0 Å². The number of amides is 1. The van der Waals surface area contributed by atoms with Crippen molar-refractivity contribution in [1.29, 1.82) is 0 Å². The molecule has 0 fully saturated rings. The molecule has 2 N–H and O–H groups in total. The van der Waals surface area contributed by atoms with E-state index in [2.05, 4.69) is 17.6 Å².